The third-order valence-corrected chi connectivity index (χ3v) is 4.57. The van der Waals surface area contributed by atoms with E-state index in [1.54, 1.807) is 11.8 Å². The average molecular weight is 343 g/mol. The second kappa shape index (κ2) is 7.05. The number of amides is 2. The Bertz CT molecular complexity index is 758. The molecule has 0 unspecified atom stereocenters. The van der Waals surface area contributed by atoms with Crippen LogP contribution in [0.25, 0.3) is 0 Å². The Kier molecular flexibility index (Phi) is 4.86. The van der Waals surface area contributed by atoms with Gasteiger partial charge in [0.1, 0.15) is 6.04 Å². The average Bonchev–Trinajstić information content (AvgIpc) is 2.93. The number of nitrogens with zero attached hydrogens (tertiary/aromatic N) is 1. The number of nitrogens with one attached hydrogen (secondary N) is 1. The Morgan fingerprint density at radius 2 is 1.92 bits per heavy atom. The molecule has 0 fully saturated rings. The number of rotatable bonds is 5. The van der Waals surface area contributed by atoms with Gasteiger partial charge in [-0.1, -0.05) is 41.9 Å². The summed E-state index contributed by atoms with van der Waals surface area (Å²) >= 11 is 5.86. The summed E-state index contributed by atoms with van der Waals surface area (Å²) in [7, 11) is 0. The minimum Gasteiger partial charge on any atom is -0.354 e. The predicted octanol–water partition coefficient (Wildman–Crippen LogP) is 3.04. The van der Waals surface area contributed by atoms with Gasteiger partial charge < -0.3 is 10.2 Å². The third kappa shape index (κ3) is 3.44. The van der Waals surface area contributed by atoms with Gasteiger partial charge in [-0.2, -0.15) is 0 Å². The maximum atomic E-state index is 12.4. The molecular formula is C19H19ClN2O2. The number of hydrogen-bond donors (Lipinski definition) is 1. The van der Waals surface area contributed by atoms with E-state index in [2.05, 4.69) is 5.32 Å². The number of carbonyl (C=O) groups excluding carboxylic acids is 2. The zero-order chi connectivity index (χ0) is 17.1. The van der Waals surface area contributed by atoms with E-state index in [0.29, 0.717) is 23.7 Å². The van der Waals surface area contributed by atoms with Crippen LogP contribution in [0.4, 0.5) is 0 Å². The zero-order valence-corrected chi connectivity index (χ0v) is 14.2. The Labute approximate surface area is 146 Å². The van der Waals surface area contributed by atoms with Gasteiger partial charge in [0.05, 0.1) is 0 Å². The van der Waals surface area contributed by atoms with Crippen molar-refractivity contribution in [3.05, 3.63) is 70.2 Å². The Balaban J connectivity index is 1.54. The summed E-state index contributed by atoms with van der Waals surface area (Å²) in [6, 6.07) is 14.6. The standard InChI is InChI=1S/C19H19ClN2O2/c1-13(22-12-15-4-2-3-5-17(15)19(22)24)18(23)21-11-10-14-6-8-16(20)9-7-14/h2-9,13H,10-12H2,1H3,(H,21,23)/t13-/m0/s1. The molecule has 0 aromatic heterocycles. The molecule has 124 valence electrons. The molecule has 1 aliphatic heterocycles. The molecular weight excluding hydrogens is 324 g/mol. The van der Waals surface area contributed by atoms with Gasteiger partial charge in [-0.15, -0.1) is 0 Å². The lowest BCUT2D eigenvalue weighted by Crippen LogP contribution is -2.45. The highest BCUT2D eigenvalue weighted by Gasteiger charge is 2.33. The molecule has 2 amide bonds. The van der Waals surface area contributed by atoms with Gasteiger partial charge in [-0.3, -0.25) is 9.59 Å². The van der Waals surface area contributed by atoms with Gasteiger partial charge in [-0.05, 0) is 42.7 Å². The molecule has 5 heteroatoms. The highest BCUT2D eigenvalue weighted by atomic mass is 35.5. The van der Waals surface area contributed by atoms with Crippen LogP contribution in [0.3, 0.4) is 0 Å². The van der Waals surface area contributed by atoms with Gasteiger partial charge in [-0.25, -0.2) is 0 Å². The van der Waals surface area contributed by atoms with Crippen LogP contribution in [0.1, 0.15) is 28.4 Å². The van der Waals surface area contributed by atoms with Crippen molar-refractivity contribution in [2.24, 2.45) is 0 Å². The van der Waals surface area contributed by atoms with Gasteiger partial charge in [0.15, 0.2) is 0 Å². The number of fused-ring (bicyclic) bond motifs is 1. The molecule has 2 aromatic carbocycles. The van der Waals surface area contributed by atoms with Gasteiger partial charge >= 0.3 is 0 Å². The van der Waals surface area contributed by atoms with Crippen LogP contribution >= 0.6 is 11.6 Å². The molecule has 0 saturated carbocycles. The molecule has 0 radical (unpaired) electrons. The number of halogens is 1. The van der Waals surface area contributed by atoms with Crippen molar-refractivity contribution in [1.82, 2.24) is 10.2 Å². The van der Waals surface area contributed by atoms with Crippen LogP contribution < -0.4 is 5.32 Å². The molecule has 1 atom stereocenters. The van der Waals surface area contributed by atoms with Crippen molar-refractivity contribution in [3.63, 3.8) is 0 Å². The maximum Gasteiger partial charge on any atom is 0.255 e. The fourth-order valence-corrected chi connectivity index (χ4v) is 2.99. The van der Waals surface area contributed by atoms with E-state index in [-0.39, 0.29) is 11.8 Å². The van der Waals surface area contributed by atoms with Crippen LogP contribution in [-0.4, -0.2) is 29.3 Å². The normalized spacial score (nSPS) is 14.4. The monoisotopic (exact) mass is 342 g/mol. The van der Waals surface area contributed by atoms with E-state index in [4.69, 9.17) is 11.6 Å². The second-order valence-corrected chi connectivity index (χ2v) is 6.37. The molecule has 24 heavy (non-hydrogen) atoms. The van der Waals surface area contributed by atoms with E-state index < -0.39 is 6.04 Å². The summed E-state index contributed by atoms with van der Waals surface area (Å²) in [5, 5.41) is 3.60. The summed E-state index contributed by atoms with van der Waals surface area (Å²) in [5.74, 6) is -0.212. The fourth-order valence-electron chi connectivity index (χ4n) is 2.86. The SMILES string of the molecule is C[C@@H](C(=O)NCCc1ccc(Cl)cc1)N1Cc2ccccc2C1=O. The van der Waals surface area contributed by atoms with Crippen molar-refractivity contribution in [1.29, 1.82) is 0 Å². The lowest BCUT2D eigenvalue weighted by molar-refractivity contribution is -0.125. The van der Waals surface area contributed by atoms with Crippen molar-refractivity contribution in [3.8, 4) is 0 Å². The summed E-state index contributed by atoms with van der Waals surface area (Å²) in [5.41, 5.74) is 2.78. The van der Waals surface area contributed by atoms with Gasteiger partial charge in [0, 0.05) is 23.7 Å². The molecule has 1 aliphatic rings. The van der Waals surface area contributed by atoms with Crippen LogP contribution in [0.5, 0.6) is 0 Å². The van der Waals surface area contributed by atoms with E-state index in [1.807, 2.05) is 48.5 Å². The number of hydrogen-bond acceptors (Lipinski definition) is 2. The zero-order valence-electron chi connectivity index (χ0n) is 13.5. The molecule has 3 rings (SSSR count). The van der Waals surface area contributed by atoms with Gasteiger partial charge in [0.2, 0.25) is 5.91 Å². The molecule has 0 bridgehead atoms. The van der Waals surface area contributed by atoms with Gasteiger partial charge in [0.25, 0.3) is 5.91 Å². The van der Waals surface area contributed by atoms with Crippen LogP contribution in [0, 0.1) is 0 Å². The smallest absolute Gasteiger partial charge is 0.255 e. The Hall–Kier alpha value is -2.33. The molecule has 2 aromatic rings. The van der Waals surface area contributed by atoms with E-state index in [0.717, 1.165) is 17.5 Å². The largest absolute Gasteiger partial charge is 0.354 e. The van der Waals surface area contributed by atoms with Crippen molar-refractivity contribution < 1.29 is 9.59 Å². The first-order chi connectivity index (χ1) is 11.6. The van der Waals surface area contributed by atoms with Crippen molar-refractivity contribution >= 4 is 23.4 Å². The summed E-state index contributed by atoms with van der Waals surface area (Å²) < 4.78 is 0. The Morgan fingerprint density at radius 1 is 1.21 bits per heavy atom. The highest BCUT2D eigenvalue weighted by Crippen LogP contribution is 2.24. The topological polar surface area (TPSA) is 49.4 Å². The first-order valence-corrected chi connectivity index (χ1v) is 8.35. The predicted molar refractivity (Wildman–Crippen MR) is 93.9 cm³/mol. The maximum absolute atomic E-state index is 12.4. The molecule has 1 heterocycles. The second-order valence-electron chi connectivity index (χ2n) is 5.93. The summed E-state index contributed by atoms with van der Waals surface area (Å²) in [6.45, 7) is 2.78. The molecule has 4 nitrogen and oxygen atoms in total. The molecule has 1 N–H and O–H groups in total. The quantitative estimate of drug-likeness (QED) is 0.908. The van der Waals surface area contributed by atoms with Crippen molar-refractivity contribution in [2.45, 2.75) is 25.9 Å². The highest BCUT2D eigenvalue weighted by molar-refractivity contribution is 6.30. The van der Waals surface area contributed by atoms with Crippen LogP contribution in [0.15, 0.2) is 48.5 Å². The van der Waals surface area contributed by atoms with Crippen LogP contribution in [-0.2, 0) is 17.8 Å². The lowest BCUT2D eigenvalue weighted by atomic mass is 10.1. The molecule has 0 saturated heterocycles. The van der Waals surface area contributed by atoms with E-state index in [9.17, 15) is 9.59 Å². The molecule has 0 aliphatic carbocycles. The van der Waals surface area contributed by atoms with E-state index >= 15 is 0 Å². The van der Waals surface area contributed by atoms with Crippen LogP contribution in [0.2, 0.25) is 5.02 Å². The number of carbonyl (C=O) groups is 2. The first-order valence-electron chi connectivity index (χ1n) is 7.97. The summed E-state index contributed by atoms with van der Waals surface area (Å²) in [4.78, 5) is 26.4. The lowest BCUT2D eigenvalue weighted by Gasteiger charge is -2.23. The fraction of sp³-hybridized carbons (Fsp3) is 0.263. The summed E-state index contributed by atoms with van der Waals surface area (Å²) in [6.07, 6.45) is 0.726. The Morgan fingerprint density at radius 3 is 2.62 bits per heavy atom. The molecule has 0 spiro atoms. The minimum absolute atomic E-state index is 0.0778. The minimum atomic E-state index is -0.491. The third-order valence-electron chi connectivity index (χ3n) is 4.32. The first kappa shape index (κ1) is 16.5. The van der Waals surface area contributed by atoms with E-state index in [1.165, 1.54) is 0 Å². The number of benzene rings is 2. The van der Waals surface area contributed by atoms with Crippen molar-refractivity contribution in [2.75, 3.05) is 6.54 Å².